The maximum Gasteiger partial charge on any atom is 0.349 e. The molecule has 0 saturated carbocycles. The van der Waals surface area contributed by atoms with Crippen molar-refractivity contribution in [2.45, 2.75) is 13.2 Å². The largest absolute Gasteiger partial charge is 0.349 e. The molecule has 0 aromatic carbocycles. The predicted octanol–water partition coefficient (Wildman–Crippen LogP) is 0.789. The first-order valence-corrected chi connectivity index (χ1v) is 4.96. The topological polar surface area (TPSA) is 137 Å². The fourth-order valence-corrected chi connectivity index (χ4v) is 1.11. The highest BCUT2D eigenvalue weighted by Gasteiger charge is 2.09. The van der Waals surface area contributed by atoms with Crippen LogP contribution in [-0.2, 0) is 22.9 Å². The quantitative estimate of drug-likeness (QED) is 0.269. The Bertz CT molecular complexity index is 161. The fraction of sp³-hybridized carbons (Fsp3) is 1.00. The van der Waals surface area contributed by atoms with E-state index in [-0.39, 0.29) is 6.15 Å². The zero-order chi connectivity index (χ0) is 8.85. The van der Waals surface area contributed by atoms with Crippen molar-refractivity contribution in [3.05, 3.63) is 0 Å². The van der Waals surface area contributed by atoms with Gasteiger partial charge in [0.05, 0.1) is 0 Å². The zero-order valence-electron chi connectivity index (χ0n) is 6.22. The Balaban J connectivity index is 0. The molecule has 0 bridgehead atoms. The highest BCUT2D eigenvalue weighted by atomic mass is 31.1. The molecule has 10 heteroatoms. The third kappa shape index (κ3) is 8.32. The van der Waals surface area contributed by atoms with Gasteiger partial charge in [-0.25, -0.2) is 5.26 Å². The summed E-state index contributed by atoms with van der Waals surface area (Å²) in [5, 5.41) is 7.74. The zero-order valence-corrected chi connectivity index (χ0v) is 8.22. The second kappa shape index (κ2) is 7.85. The molecule has 0 aliphatic heterocycles. The summed E-state index contributed by atoms with van der Waals surface area (Å²) in [6.45, 7) is 1.24. The van der Waals surface area contributed by atoms with Crippen LogP contribution in [-0.4, -0.2) is 16.4 Å². The first-order chi connectivity index (χ1) is 5.06. The molecular weight excluding hydrogens is 212 g/mol. The third-order valence-corrected chi connectivity index (χ3v) is 1.81. The molecule has 3 atom stereocenters. The summed E-state index contributed by atoms with van der Waals surface area (Å²) >= 11 is 0. The molecule has 0 fully saturated rings. The molecule has 0 heterocycles. The smallest absolute Gasteiger partial charge is 0.344 e. The first kappa shape index (κ1) is 14.7. The highest BCUT2D eigenvalue weighted by molar-refractivity contribution is 7.33. The molecule has 76 valence electrons. The van der Waals surface area contributed by atoms with Gasteiger partial charge in [-0.3, -0.25) is 18.2 Å². The van der Waals surface area contributed by atoms with Crippen LogP contribution in [0.15, 0.2) is 0 Å². The van der Waals surface area contributed by atoms with Gasteiger partial charge in [-0.15, -0.1) is 0 Å². The van der Waals surface area contributed by atoms with Crippen molar-refractivity contribution in [2.24, 2.45) is 0 Å². The molecule has 0 aliphatic rings. The van der Waals surface area contributed by atoms with Gasteiger partial charge in [-0.05, 0) is 6.92 Å². The number of rotatable bonds is 5. The average molecular weight is 223 g/mol. The second-order valence-corrected chi connectivity index (χ2v) is 3.10. The van der Waals surface area contributed by atoms with Crippen LogP contribution in [0.4, 0.5) is 0 Å². The molecule has 8 nitrogen and oxygen atoms in total. The van der Waals surface area contributed by atoms with Crippen LogP contribution >= 0.6 is 16.5 Å². The van der Waals surface area contributed by atoms with E-state index in [0.29, 0.717) is 0 Å². The summed E-state index contributed by atoms with van der Waals surface area (Å²) in [6, 6.07) is 0. The van der Waals surface area contributed by atoms with E-state index in [2.05, 4.69) is 13.7 Å². The van der Waals surface area contributed by atoms with Crippen molar-refractivity contribution in [2.75, 3.05) is 0 Å². The molecule has 5 N–H and O–H groups in total. The molecule has 12 heavy (non-hydrogen) atoms. The van der Waals surface area contributed by atoms with Gasteiger partial charge in [-0.1, -0.05) is 0 Å². The van der Waals surface area contributed by atoms with E-state index in [1.165, 1.54) is 6.92 Å². The van der Waals surface area contributed by atoms with E-state index >= 15 is 0 Å². The van der Waals surface area contributed by atoms with Crippen LogP contribution in [0.1, 0.15) is 6.92 Å². The Labute approximate surface area is 69.9 Å². The van der Waals surface area contributed by atoms with E-state index in [0.717, 1.165) is 0 Å². The molecule has 0 aromatic rings. The Kier molecular flexibility index (Phi) is 9.63. The van der Waals surface area contributed by atoms with E-state index in [4.69, 9.17) is 10.2 Å². The maximum atomic E-state index is 10.2. The van der Waals surface area contributed by atoms with Crippen molar-refractivity contribution >= 4 is 16.5 Å². The summed E-state index contributed by atoms with van der Waals surface area (Å²) in [5.41, 5.74) is 0. The lowest BCUT2D eigenvalue weighted by Crippen LogP contribution is -2.03. The molecule has 0 aromatic heterocycles. The molecular formula is C2H11NO7P2. The van der Waals surface area contributed by atoms with Crippen molar-refractivity contribution in [1.29, 1.82) is 0 Å². The second-order valence-electron chi connectivity index (χ2n) is 1.41. The molecule has 0 rings (SSSR count). The van der Waals surface area contributed by atoms with Gasteiger partial charge in [0.2, 0.25) is 0 Å². The van der Waals surface area contributed by atoms with Gasteiger partial charge in [0.1, 0.15) is 0 Å². The van der Waals surface area contributed by atoms with Crippen molar-refractivity contribution in [3.63, 3.8) is 0 Å². The number of hydrogen-bond donors (Lipinski definition) is 3. The van der Waals surface area contributed by atoms with E-state index in [1.807, 2.05) is 0 Å². The van der Waals surface area contributed by atoms with E-state index < -0.39 is 22.8 Å². The van der Waals surface area contributed by atoms with Crippen molar-refractivity contribution in [1.82, 2.24) is 6.15 Å². The lowest BCUT2D eigenvalue weighted by molar-refractivity contribution is -0.150. The molecule has 0 saturated heterocycles. The summed E-state index contributed by atoms with van der Waals surface area (Å²) < 4.78 is 31.8. The summed E-state index contributed by atoms with van der Waals surface area (Å²) in [7, 11) is -6.15. The minimum atomic E-state index is -3.12. The molecule has 3 unspecified atom stereocenters. The van der Waals surface area contributed by atoms with Gasteiger partial charge in [0.15, 0.2) is 6.29 Å². The monoisotopic (exact) mass is 223 g/mol. The van der Waals surface area contributed by atoms with Crippen LogP contribution < -0.4 is 6.15 Å². The Morgan fingerprint density at radius 2 is 1.83 bits per heavy atom. The van der Waals surface area contributed by atoms with Crippen LogP contribution in [0.25, 0.3) is 0 Å². The van der Waals surface area contributed by atoms with Crippen molar-refractivity contribution in [3.8, 4) is 0 Å². The molecule has 0 radical (unpaired) electrons. The third-order valence-electron chi connectivity index (χ3n) is 0.604. The lowest BCUT2D eigenvalue weighted by Gasteiger charge is -2.08. The lowest BCUT2D eigenvalue weighted by atomic mass is 10.8. The minimum Gasteiger partial charge on any atom is -0.344 e. The highest BCUT2D eigenvalue weighted by Crippen LogP contribution is 2.28. The first-order valence-electron chi connectivity index (χ1n) is 2.48. The van der Waals surface area contributed by atoms with Gasteiger partial charge in [0, 0.05) is 0 Å². The maximum absolute atomic E-state index is 10.2. The average Bonchev–Trinajstić information content (AvgIpc) is 1.85. The SMILES string of the molecule is CC(O[PH](=O)O)O[PH](=O)OO.N. The molecule has 0 aliphatic carbocycles. The Morgan fingerprint density at radius 1 is 1.33 bits per heavy atom. The Morgan fingerprint density at radius 3 is 2.17 bits per heavy atom. The van der Waals surface area contributed by atoms with Gasteiger partial charge < -0.3 is 11.0 Å². The Hall–Kier alpha value is 0.220. The molecule has 0 spiro atoms. The summed E-state index contributed by atoms with van der Waals surface area (Å²) in [6.07, 6.45) is -1.15. The normalized spacial score (nSPS) is 17.6. The van der Waals surface area contributed by atoms with E-state index in [9.17, 15) is 9.13 Å². The van der Waals surface area contributed by atoms with Gasteiger partial charge >= 0.3 is 16.5 Å². The minimum absolute atomic E-state index is 0. The van der Waals surface area contributed by atoms with E-state index in [1.54, 1.807) is 0 Å². The predicted molar refractivity (Wildman–Crippen MR) is 40.6 cm³/mol. The standard InChI is InChI=1S/C2H8O7P2.H3N/c1-2(7-10(4)5)8-11(6)9-3;/h2-3,10-11H,1H3,(H,4,5);1H3. The molecule has 0 amide bonds. The fourth-order valence-electron chi connectivity index (χ4n) is 0.323. The summed E-state index contributed by atoms with van der Waals surface area (Å²) in [4.78, 5) is 8.16. The van der Waals surface area contributed by atoms with Gasteiger partial charge in [0.25, 0.3) is 0 Å². The van der Waals surface area contributed by atoms with Gasteiger partial charge in [-0.2, -0.15) is 4.67 Å². The van der Waals surface area contributed by atoms with Crippen LogP contribution in [0.3, 0.4) is 0 Å². The van der Waals surface area contributed by atoms with Crippen LogP contribution in [0, 0.1) is 0 Å². The van der Waals surface area contributed by atoms with Crippen LogP contribution in [0.2, 0.25) is 0 Å². The number of hydrogen-bond acceptors (Lipinski definition) is 7. The van der Waals surface area contributed by atoms with Crippen molar-refractivity contribution < 1.29 is 33.0 Å². The summed E-state index contributed by atoms with van der Waals surface area (Å²) in [5.74, 6) is 0. The van der Waals surface area contributed by atoms with Crippen LogP contribution in [0.5, 0.6) is 0 Å².